The predicted molar refractivity (Wildman–Crippen MR) is 231 cm³/mol. The number of carbonyl (C=O) groups is 2. The number of likely N-dealkylation sites (N-methyl/N-ethyl adjacent to an activating group) is 1. The standard InChI is InChI=1S/C46H73N5O6/c1-28(2)17-37(26-49(10)11)48-44(54)35-19-34(20-38(21-35)50(12)24-29(3)4)39-16-14-15-33(43(39)56-13)25-51-42(41(32(7)53)40(27-52)57-51)45(55)47-23-36-18-31(6)46(8,9)22-30(36)5/h14-16,19-21,23,28-32,36-37,40-42,52-53H,17-18,22,24-27H2,1-13H3,(H,48,54)/t30-,31+,32-,36?,37-,40-,41?,42-/m0/s1. The maximum Gasteiger partial charge on any atom is 0.265 e. The number of anilines is 1. The minimum absolute atomic E-state index is 0.0127. The highest BCUT2D eigenvalue weighted by Gasteiger charge is 2.49. The second-order valence-electron chi connectivity index (χ2n) is 18.9. The molecule has 1 aliphatic carbocycles. The Kier molecular flexibility index (Phi) is 16.3. The van der Waals surface area contributed by atoms with Crippen molar-refractivity contribution in [2.45, 2.75) is 112 Å². The summed E-state index contributed by atoms with van der Waals surface area (Å²) in [5.74, 6) is 1.19. The van der Waals surface area contributed by atoms with Crippen LogP contribution in [0.3, 0.4) is 0 Å². The molecule has 2 aliphatic rings. The zero-order valence-electron chi connectivity index (χ0n) is 37.1. The fourth-order valence-electron chi connectivity index (χ4n) is 9.03. The number of hydroxylamine groups is 2. The number of aliphatic hydroxyl groups excluding tert-OH is 2. The molecule has 11 heteroatoms. The highest BCUT2D eigenvalue weighted by atomic mass is 16.7. The minimum atomic E-state index is -0.938. The number of hydrogen-bond acceptors (Lipinski definition) is 9. The Morgan fingerprint density at radius 3 is 2.37 bits per heavy atom. The van der Waals surface area contributed by atoms with Gasteiger partial charge in [-0.3, -0.25) is 14.4 Å². The molecule has 1 heterocycles. The number of rotatable bonds is 17. The van der Waals surface area contributed by atoms with E-state index >= 15 is 0 Å². The number of para-hydroxylation sites is 1. The fraction of sp³-hybridized carbons (Fsp3) is 0.674. The van der Waals surface area contributed by atoms with Gasteiger partial charge in [-0.2, -0.15) is 5.06 Å². The van der Waals surface area contributed by atoms with Crippen molar-refractivity contribution in [1.82, 2.24) is 15.3 Å². The van der Waals surface area contributed by atoms with Crippen LogP contribution < -0.4 is 15.0 Å². The summed E-state index contributed by atoms with van der Waals surface area (Å²) in [6.07, 6.45) is 2.94. The number of nitrogens with one attached hydrogen (secondary N) is 1. The molecule has 2 amide bonds. The van der Waals surface area contributed by atoms with Gasteiger partial charge in [0.1, 0.15) is 17.9 Å². The van der Waals surface area contributed by atoms with E-state index in [4.69, 9.17) is 9.57 Å². The van der Waals surface area contributed by atoms with Gasteiger partial charge in [0.2, 0.25) is 0 Å². The van der Waals surface area contributed by atoms with Gasteiger partial charge in [0.25, 0.3) is 11.8 Å². The first kappa shape index (κ1) is 46.3. The van der Waals surface area contributed by atoms with Crippen LogP contribution in [0.4, 0.5) is 5.69 Å². The molecule has 1 saturated carbocycles. The van der Waals surface area contributed by atoms with Crippen molar-refractivity contribution in [1.29, 1.82) is 0 Å². The van der Waals surface area contributed by atoms with Gasteiger partial charge >= 0.3 is 0 Å². The second kappa shape index (κ2) is 20.1. The molecule has 0 aromatic heterocycles. The number of methoxy groups -OCH3 is 1. The summed E-state index contributed by atoms with van der Waals surface area (Å²) < 4.78 is 6.13. The lowest BCUT2D eigenvalue weighted by Crippen LogP contribution is -2.43. The molecular weight excluding hydrogens is 719 g/mol. The average Bonchev–Trinajstić information content (AvgIpc) is 3.49. The van der Waals surface area contributed by atoms with Gasteiger partial charge in [-0.05, 0) is 99.0 Å². The summed E-state index contributed by atoms with van der Waals surface area (Å²) in [5, 5.41) is 26.2. The average molecular weight is 792 g/mol. The zero-order valence-corrected chi connectivity index (χ0v) is 37.1. The van der Waals surface area contributed by atoms with Crippen LogP contribution in [0.25, 0.3) is 11.1 Å². The lowest BCUT2D eigenvalue weighted by Gasteiger charge is -2.43. The first-order valence-electron chi connectivity index (χ1n) is 21.0. The van der Waals surface area contributed by atoms with Crippen molar-refractivity contribution in [3.8, 4) is 16.9 Å². The van der Waals surface area contributed by atoms with Crippen LogP contribution in [0.15, 0.2) is 41.4 Å². The molecule has 318 valence electrons. The molecule has 2 aromatic rings. The molecule has 2 aromatic carbocycles. The number of ether oxygens (including phenoxy) is 1. The van der Waals surface area contributed by atoms with E-state index in [1.165, 1.54) is 0 Å². The van der Waals surface area contributed by atoms with Gasteiger partial charge < -0.3 is 30.1 Å². The van der Waals surface area contributed by atoms with E-state index in [0.29, 0.717) is 35.0 Å². The van der Waals surface area contributed by atoms with Crippen LogP contribution in [0.5, 0.6) is 5.75 Å². The van der Waals surface area contributed by atoms with E-state index in [9.17, 15) is 19.8 Å². The smallest absolute Gasteiger partial charge is 0.265 e. The number of hydrogen-bond donors (Lipinski definition) is 3. The molecule has 0 spiro atoms. The Balaban J connectivity index is 1.72. The molecular formula is C46H73N5O6. The number of amides is 2. The number of carbonyl (C=O) groups excluding carboxylic acids is 2. The molecule has 1 aliphatic heterocycles. The largest absolute Gasteiger partial charge is 0.496 e. The minimum Gasteiger partial charge on any atom is -0.496 e. The van der Waals surface area contributed by atoms with Gasteiger partial charge in [-0.25, -0.2) is 4.99 Å². The van der Waals surface area contributed by atoms with Crippen molar-refractivity contribution in [2.24, 2.45) is 45.9 Å². The first-order chi connectivity index (χ1) is 26.8. The van der Waals surface area contributed by atoms with E-state index in [0.717, 1.165) is 54.7 Å². The Morgan fingerprint density at radius 2 is 1.77 bits per heavy atom. The maximum atomic E-state index is 14.1. The van der Waals surface area contributed by atoms with Crippen LogP contribution in [0, 0.1) is 40.9 Å². The van der Waals surface area contributed by atoms with Crippen molar-refractivity contribution in [3.05, 3.63) is 47.5 Å². The number of benzene rings is 2. The predicted octanol–water partition coefficient (Wildman–Crippen LogP) is 6.94. The second-order valence-corrected chi connectivity index (χ2v) is 18.9. The molecule has 0 radical (unpaired) electrons. The van der Waals surface area contributed by atoms with E-state index in [-0.39, 0.29) is 36.4 Å². The first-order valence-corrected chi connectivity index (χ1v) is 21.0. The van der Waals surface area contributed by atoms with Crippen LogP contribution >= 0.6 is 0 Å². The Morgan fingerprint density at radius 1 is 1.07 bits per heavy atom. The molecule has 3 N–H and O–H groups in total. The molecule has 2 fully saturated rings. The number of nitrogens with zero attached hydrogens (tertiary/aromatic N) is 4. The van der Waals surface area contributed by atoms with Gasteiger partial charge in [0.05, 0.1) is 26.4 Å². The van der Waals surface area contributed by atoms with Crippen LogP contribution in [-0.2, 0) is 16.2 Å². The Bertz CT molecular complexity index is 1660. The van der Waals surface area contributed by atoms with Crippen molar-refractivity contribution >= 4 is 23.7 Å². The topological polar surface area (TPSA) is 127 Å². The third-order valence-corrected chi connectivity index (χ3v) is 12.2. The van der Waals surface area contributed by atoms with Gasteiger partial charge in [-0.1, -0.05) is 73.6 Å². The van der Waals surface area contributed by atoms with Crippen molar-refractivity contribution < 1.29 is 29.4 Å². The summed E-state index contributed by atoms with van der Waals surface area (Å²) in [4.78, 5) is 43.2. The van der Waals surface area contributed by atoms with E-state index in [1.54, 1.807) is 19.1 Å². The Labute approximate surface area is 343 Å². The molecule has 8 atom stereocenters. The van der Waals surface area contributed by atoms with Crippen LogP contribution in [0.2, 0.25) is 0 Å². The van der Waals surface area contributed by atoms with E-state index in [2.05, 4.69) is 81.6 Å². The fourth-order valence-corrected chi connectivity index (χ4v) is 9.03. The molecule has 11 nitrogen and oxygen atoms in total. The third-order valence-electron chi connectivity index (χ3n) is 12.2. The SMILES string of the molecule is COc1c(CN2O[C@@H](CO)C([C@H](C)O)[C@H]2C(=O)N=CC2C[C@@H](C)C(C)(C)C[C@@H]2C)cccc1-c1cc(C(=O)N[C@@H](CC(C)C)CN(C)C)cc(N(C)CC(C)C)c1. The molecule has 2 unspecified atom stereocenters. The normalized spacial score (nSPS) is 25.0. The molecule has 57 heavy (non-hydrogen) atoms. The molecule has 4 rings (SSSR count). The van der Waals surface area contributed by atoms with Crippen LogP contribution in [0.1, 0.15) is 97.5 Å². The zero-order chi connectivity index (χ0) is 42.4. The van der Waals surface area contributed by atoms with E-state index < -0.39 is 30.1 Å². The van der Waals surface area contributed by atoms with Gasteiger partial charge in [0.15, 0.2) is 0 Å². The summed E-state index contributed by atoms with van der Waals surface area (Å²) in [6.45, 7) is 20.7. The number of aliphatic hydroxyl groups is 2. The summed E-state index contributed by atoms with van der Waals surface area (Å²) in [6, 6.07) is 10.8. The summed E-state index contributed by atoms with van der Waals surface area (Å²) >= 11 is 0. The van der Waals surface area contributed by atoms with Crippen LogP contribution in [-0.4, -0.2) is 110 Å². The summed E-state index contributed by atoms with van der Waals surface area (Å²) in [5.41, 5.74) is 4.03. The highest BCUT2D eigenvalue weighted by Crippen LogP contribution is 2.45. The lowest BCUT2D eigenvalue weighted by atomic mass is 9.62. The van der Waals surface area contributed by atoms with Gasteiger partial charge in [0, 0.05) is 60.7 Å². The van der Waals surface area contributed by atoms with Gasteiger partial charge in [-0.15, -0.1) is 0 Å². The Hall–Kier alpha value is -3.35. The lowest BCUT2D eigenvalue weighted by molar-refractivity contribution is -0.180. The summed E-state index contributed by atoms with van der Waals surface area (Å²) in [7, 11) is 7.69. The van der Waals surface area contributed by atoms with Crippen molar-refractivity contribution in [3.63, 3.8) is 0 Å². The molecule has 0 bridgehead atoms. The highest BCUT2D eigenvalue weighted by molar-refractivity contribution is 5.97. The monoisotopic (exact) mass is 792 g/mol. The quantitative estimate of drug-likeness (QED) is 0.146. The maximum absolute atomic E-state index is 14.1. The molecule has 1 saturated heterocycles. The van der Waals surface area contributed by atoms with E-state index in [1.807, 2.05) is 57.7 Å². The number of aliphatic imine (C=N–C) groups is 1. The third kappa shape index (κ3) is 11.9. The van der Waals surface area contributed by atoms with Crippen molar-refractivity contribution in [2.75, 3.05) is 52.8 Å².